The summed E-state index contributed by atoms with van der Waals surface area (Å²) >= 11 is 6.07. The van der Waals surface area contributed by atoms with Crippen LogP contribution in [0, 0.1) is 0 Å². The Hall–Kier alpha value is -2.88. The minimum absolute atomic E-state index is 0.158. The lowest BCUT2D eigenvalue weighted by molar-refractivity contribution is -0.106. The standard InChI is InChI=1S/C24H29ClN4O5/c1-14(30)12-24(3)13-29(7-8-33-24)22(31)16-9-19-21(20(10-16)32-4)34-23(28-19)27-15(2)18-11-17(25)5-6-26-18/h5-6,9-11,14-15,30H,7-8,12-13H2,1-4H3,(H,27,28). The molecule has 0 bridgehead atoms. The molecule has 3 heterocycles. The molecule has 0 saturated carbocycles. The quantitative estimate of drug-likeness (QED) is 0.512. The Bertz CT molecular complexity index is 1180. The van der Waals surface area contributed by atoms with Gasteiger partial charge in [-0.2, -0.15) is 4.98 Å². The Morgan fingerprint density at radius 3 is 2.88 bits per heavy atom. The van der Waals surface area contributed by atoms with E-state index in [4.69, 9.17) is 25.5 Å². The van der Waals surface area contributed by atoms with Crippen LogP contribution in [0.5, 0.6) is 5.75 Å². The van der Waals surface area contributed by atoms with Gasteiger partial charge in [-0.25, -0.2) is 0 Å². The zero-order valence-electron chi connectivity index (χ0n) is 19.7. The number of aromatic nitrogens is 2. The Morgan fingerprint density at radius 2 is 2.18 bits per heavy atom. The van der Waals surface area contributed by atoms with Gasteiger partial charge in [0.25, 0.3) is 11.9 Å². The first kappa shape index (κ1) is 24.3. The zero-order valence-corrected chi connectivity index (χ0v) is 20.4. The largest absolute Gasteiger partial charge is 0.493 e. The molecule has 10 heteroatoms. The van der Waals surface area contributed by atoms with Gasteiger partial charge in [0.05, 0.1) is 37.2 Å². The maximum Gasteiger partial charge on any atom is 0.296 e. The summed E-state index contributed by atoms with van der Waals surface area (Å²) in [4.78, 5) is 23.9. The summed E-state index contributed by atoms with van der Waals surface area (Å²) in [5, 5.41) is 13.6. The first-order valence-electron chi connectivity index (χ1n) is 11.2. The lowest BCUT2D eigenvalue weighted by Crippen LogP contribution is -2.53. The Kier molecular flexibility index (Phi) is 6.97. The van der Waals surface area contributed by atoms with Crippen molar-refractivity contribution >= 4 is 34.6 Å². The van der Waals surface area contributed by atoms with Gasteiger partial charge in [-0.1, -0.05) is 11.6 Å². The second-order valence-electron chi connectivity index (χ2n) is 8.89. The maximum absolute atomic E-state index is 13.3. The van der Waals surface area contributed by atoms with Crippen LogP contribution in [0.3, 0.4) is 0 Å². The number of methoxy groups -OCH3 is 1. The summed E-state index contributed by atoms with van der Waals surface area (Å²) in [5.74, 6) is 0.254. The number of pyridine rings is 1. The number of carbonyl (C=O) groups is 1. The Balaban J connectivity index is 1.58. The van der Waals surface area contributed by atoms with Gasteiger partial charge in [-0.3, -0.25) is 9.78 Å². The number of hydrogen-bond donors (Lipinski definition) is 2. The van der Waals surface area contributed by atoms with Crippen molar-refractivity contribution in [2.24, 2.45) is 0 Å². The molecular weight excluding hydrogens is 460 g/mol. The average molecular weight is 489 g/mol. The second-order valence-corrected chi connectivity index (χ2v) is 9.33. The van der Waals surface area contributed by atoms with E-state index in [0.29, 0.717) is 53.6 Å². The summed E-state index contributed by atoms with van der Waals surface area (Å²) in [5.41, 5.74) is 1.51. The molecule has 1 aromatic carbocycles. The fraction of sp³-hybridized carbons (Fsp3) is 0.458. The number of halogens is 1. The van der Waals surface area contributed by atoms with Gasteiger partial charge in [0.1, 0.15) is 5.52 Å². The topological polar surface area (TPSA) is 110 Å². The highest BCUT2D eigenvalue weighted by molar-refractivity contribution is 6.30. The van der Waals surface area contributed by atoms with E-state index in [1.165, 1.54) is 7.11 Å². The van der Waals surface area contributed by atoms with Crippen LogP contribution < -0.4 is 10.1 Å². The van der Waals surface area contributed by atoms with Crippen LogP contribution in [-0.2, 0) is 4.74 Å². The van der Waals surface area contributed by atoms with Crippen LogP contribution in [-0.4, -0.2) is 64.4 Å². The number of anilines is 1. The van der Waals surface area contributed by atoms with Crippen LogP contribution in [0.15, 0.2) is 34.9 Å². The van der Waals surface area contributed by atoms with E-state index in [0.717, 1.165) is 5.69 Å². The third-order valence-corrected chi connectivity index (χ3v) is 6.04. The van der Waals surface area contributed by atoms with Gasteiger partial charge in [-0.15, -0.1) is 0 Å². The fourth-order valence-corrected chi connectivity index (χ4v) is 4.46. The number of nitrogens with one attached hydrogen (secondary N) is 1. The maximum atomic E-state index is 13.3. The van der Waals surface area contributed by atoms with Crippen LogP contribution in [0.1, 0.15) is 49.3 Å². The average Bonchev–Trinajstić information content (AvgIpc) is 3.19. The number of rotatable bonds is 7. The predicted octanol–water partition coefficient (Wildman–Crippen LogP) is 4.06. The number of aliphatic hydroxyl groups excluding tert-OH is 1. The normalized spacial score (nSPS) is 20.2. The van der Waals surface area contributed by atoms with Crippen molar-refractivity contribution in [1.29, 1.82) is 0 Å². The van der Waals surface area contributed by atoms with Gasteiger partial charge in [0.15, 0.2) is 11.3 Å². The summed E-state index contributed by atoms with van der Waals surface area (Å²) < 4.78 is 17.3. The zero-order chi connectivity index (χ0) is 24.5. The lowest BCUT2D eigenvalue weighted by Gasteiger charge is -2.41. The second kappa shape index (κ2) is 9.77. The Morgan fingerprint density at radius 1 is 1.38 bits per heavy atom. The van der Waals surface area contributed by atoms with E-state index in [1.54, 1.807) is 42.3 Å². The van der Waals surface area contributed by atoms with E-state index in [-0.39, 0.29) is 18.0 Å². The number of ether oxygens (including phenoxy) is 2. The molecule has 0 aliphatic carbocycles. The van der Waals surface area contributed by atoms with Crippen molar-refractivity contribution in [3.8, 4) is 5.75 Å². The van der Waals surface area contributed by atoms with Crippen molar-refractivity contribution in [3.63, 3.8) is 0 Å². The SMILES string of the molecule is COc1cc(C(=O)N2CCOC(C)(CC(C)O)C2)cc2nc(NC(C)c3cc(Cl)ccn3)oc12. The summed E-state index contributed by atoms with van der Waals surface area (Å²) in [7, 11) is 1.52. The molecule has 0 radical (unpaired) electrons. The highest BCUT2D eigenvalue weighted by atomic mass is 35.5. The first-order chi connectivity index (χ1) is 16.2. The number of carbonyl (C=O) groups excluding carboxylic acids is 1. The lowest BCUT2D eigenvalue weighted by atomic mass is 9.96. The number of oxazole rings is 1. The summed E-state index contributed by atoms with van der Waals surface area (Å²) in [6.45, 7) is 6.80. The molecule has 0 spiro atoms. The predicted molar refractivity (Wildman–Crippen MR) is 128 cm³/mol. The molecule has 1 saturated heterocycles. The molecule has 1 fully saturated rings. The number of morpholine rings is 1. The van der Waals surface area contributed by atoms with Gasteiger partial charge in [-0.05, 0) is 45.0 Å². The fourth-order valence-electron chi connectivity index (χ4n) is 4.29. The summed E-state index contributed by atoms with van der Waals surface area (Å²) in [6, 6.07) is 6.90. The van der Waals surface area contributed by atoms with E-state index in [9.17, 15) is 9.90 Å². The van der Waals surface area contributed by atoms with Gasteiger partial charge in [0.2, 0.25) is 0 Å². The molecule has 182 valence electrons. The molecule has 34 heavy (non-hydrogen) atoms. The number of hydrogen-bond acceptors (Lipinski definition) is 8. The molecule has 1 amide bonds. The molecular formula is C24H29ClN4O5. The highest BCUT2D eigenvalue weighted by Gasteiger charge is 2.35. The first-order valence-corrected chi connectivity index (χ1v) is 11.5. The number of amides is 1. The molecule has 9 nitrogen and oxygen atoms in total. The third-order valence-electron chi connectivity index (χ3n) is 5.80. The monoisotopic (exact) mass is 488 g/mol. The van der Waals surface area contributed by atoms with Crippen LogP contribution >= 0.6 is 11.6 Å². The minimum Gasteiger partial charge on any atom is -0.493 e. The van der Waals surface area contributed by atoms with E-state index >= 15 is 0 Å². The highest BCUT2D eigenvalue weighted by Crippen LogP contribution is 2.32. The molecule has 3 atom stereocenters. The smallest absolute Gasteiger partial charge is 0.296 e. The van der Waals surface area contributed by atoms with E-state index in [2.05, 4.69) is 15.3 Å². The number of benzene rings is 1. The van der Waals surface area contributed by atoms with E-state index in [1.807, 2.05) is 13.8 Å². The van der Waals surface area contributed by atoms with Crippen molar-refractivity contribution in [2.75, 3.05) is 32.1 Å². The van der Waals surface area contributed by atoms with Gasteiger partial charge in [0, 0.05) is 36.3 Å². The third kappa shape index (κ3) is 5.27. The van der Waals surface area contributed by atoms with Crippen LogP contribution in [0.4, 0.5) is 6.01 Å². The molecule has 1 aliphatic rings. The molecule has 4 rings (SSSR count). The summed E-state index contributed by atoms with van der Waals surface area (Å²) in [6.07, 6.45) is 1.56. The molecule has 3 unspecified atom stereocenters. The molecule has 2 N–H and O–H groups in total. The van der Waals surface area contributed by atoms with Crippen LogP contribution in [0.2, 0.25) is 5.02 Å². The van der Waals surface area contributed by atoms with Gasteiger partial charge >= 0.3 is 0 Å². The number of fused-ring (bicyclic) bond motifs is 1. The molecule has 3 aromatic rings. The van der Waals surface area contributed by atoms with Crippen molar-refractivity contribution in [3.05, 3.63) is 46.7 Å². The van der Waals surface area contributed by atoms with Gasteiger partial charge < -0.3 is 29.2 Å². The van der Waals surface area contributed by atoms with Crippen molar-refractivity contribution < 1.29 is 23.8 Å². The van der Waals surface area contributed by atoms with Crippen LogP contribution in [0.25, 0.3) is 11.1 Å². The van der Waals surface area contributed by atoms with E-state index < -0.39 is 11.7 Å². The number of aliphatic hydroxyl groups is 1. The molecule has 2 aromatic heterocycles. The minimum atomic E-state index is -0.605. The van der Waals surface area contributed by atoms with Crippen molar-refractivity contribution in [1.82, 2.24) is 14.9 Å². The molecule has 1 aliphatic heterocycles. The Labute approximate surface area is 203 Å². The number of nitrogens with zero attached hydrogens (tertiary/aromatic N) is 3. The van der Waals surface area contributed by atoms with Crippen molar-refractivity contribution in [2.45, 2.75) is 44.9 Å².